The topological polar surface area (TPSA) is 38.7 Å². The molecule has 1 aromatic carbocycles. The molecule has 0 saturated heterocycles. The molecule has 0 amide bonds. The molecule has 0 aliphatic carbocycles. The number of alkyl halides is 6. The average Bonchev–Trinajstić information content (AvgIpc) is 2.36. The zero-order chi connectivity index (χ0) is 16.7. The highest BCUT2D eigenvalue weighted by Crippen LogP contribution is 2.41. The minimum atomic E-state index is -1.92. The van der Waals surface area contributed by atoms with Crippen LogP contribution in [0.2, 0.25) is 0 Å². The van der Waals surface area contributed by atoms with Crippen molar-refractivity contribution in [2.75, 3.05) is 0 Å². The lowest BCUT2D eigenvalue weighted by atomic mass is 9.90. The molecule has 1 aromatic heterocycles. The van der Waals surface area contributed by atoms with Gasteiger partial charge in [-0.2, -0.15) is 0 Å². The minimum Gasteiger partial charge on any atom is -0.209 e. The number of hydrogen-bond donors (Lipinski definition) is 0. The van der Waals surface area contributed by atoms with Gasteiger partial charge in [0.05, 0.1) is 0 Å². The highest BCUT2D eigenvalue weighted by atomic mass is 79.9. The molecular weight excluding hydrogens is 478 g/mol. The summed E-state index contributed by atoms with van der Waals surface area (Å²) in [6.45, 7) is 0. The monoisotopic (exact) mass is 477 g/mol. The third-order valence-corrected chi connectivity index (χ3v) is 4.09. The van der Waals surface area contributed by atoms with E-state index in [-0.39, 0.29) is 17.5 Å². The van der Waals surface area contributed by atoms with Crippen molar-refractivity contribution < 1.29 is 0 Å². The Morgan fingerprint density at radius 1 is 0.864 bits per heavy atom. The second kappa shape index (κ2) is 6.79. The highest BCUT2D eigenvalue weighted by molar-refractivity contribution is 9.10. The fraction of sp³-hybridized carbons (Fsp3) is 0.182. The summed E-state index contributed by atoms with van der Waals surface area (Å²) in [7, 11) is 5.94. The van der Waals surface area contributed by atoms with Gasteiger partial charge < -0.3 is 0 Å². The molecule has 0 spiro atoms. The summed E-state index contributed by atoms with van der Waals surface area (Å²) in [5, 5.41) is 0. The Hall–Kier alpha value is 0.515. The molecule has 22 heavy (non-hydrogen) atoms. The zero-order valence-electron chi connectivity index (χ0n) is 10.3. The van der Waals surface area contributed by atoms with Crippen LogP contribution in [-0.2, 0) is 7.59 Å². The highest BCUT2D eigenvalue weighted by Gasteiger charge is 2.34. The van der Waals surface area contributed by atoms with Crippen molar-refractivity contribution >= 4 is 98.8 Å². The first kappa shape index (κ1) is 18.8. The van der Waals surface area contributed by atoms with Gasteiger partial charge in [-0.05, 0) is 6.07 Å². The number of aromatic nitrogens is 3. The van der Waals surface area contributed by atoms with Gasteiger partial charge in [0.15, 0.2) is 17.5 Å². The molecule has 0 fully saturated rings. The number of nitrogens with zero attached hydrogens (tertiary/aromatic N) is 3. The van der Waals surface area contributed by atoms with Gasteiger partial charge in [0.2, 0.25) is 7.59 Å². The predicted octanol–water partition coefficient (Wildman–Crippen LogP) is 4.75. The van der Waals surface area contributed by atoms with Gasteiger partial charge >= 0.3 is 0 Å². The summed E-state index contributed by atoms with van der Waals surface area (Å²) in [6, 6.07) is 5.16. The molecule has 0 saturated carbocycles. The van der Waals surface area contributed by atoms with Crippen LogP contribution in [0.4, 0.5) is 0 Å². The van der Waals surface area contributed by atoms with E-state index in [0.717, 1.165) is 0 Å². The SMILES string of the molecule is [B]c1cccc(Br)c1-c1nc(C(Cl)(Cl)Cl)nc(C(Cl)(Cl)Cl)n1. The number of hydrogen-bond acceptors (Lipinski definition) is 3. The van der Waals surface area contributed by atoms with Crippen molar-refractivity contribution in [3.63, 3.8) is 0 Å². The second-order valence-electron chi connectivity index (χ2n) is 4.01. The quantitative estimate of drug-likeness (QED) is 0.437. The van der Waals surface area contributed by atoms with Crippen molar-refractivity contribution in [3.8, 4) is 11.4 Å². The average molecular weight is 481 g/mol. The largest absolute Gasteiger partial charge is 0.250 e. The number of halogens is 7. The van der Waals surface area contributed by atoms with E-state index in [2.05, 4.69) is 30.9 Å². The van der Waals surface area contributed by atoms with E-state index in [1.54, 1.807) is 18.2 Å². The Bertz CT molecular complexity index is 663. The van der Waals surface area contributed by atoms with Crippen molar-refractivity contribution in [1.29, 1.82) is 0 Å². The fourth-order valence-corrected chi connectivity index (χ4v) is 2.58. The Labute approximate surface area is 166 Å². The molecule has 11 heteroatoms. The van der Waals surface area contributed by atoms with Gasteiger partial charge in [0.25, 0.3) is 0 Å². The van der Waals surface area contributed by atoms with Crippen LogP contribution in [0.3, 0.4) is 0 Å². The standard InChI is InChI=1S/C11H3BBrCl6N3/c12-4-2-1-3-5(13)6(4)7-20-8(10(14,15)16)22-9(21-7)11(17,18)19/h1-3H. The lowest BCUT2D eigenvalue weighted by molar-refractivity contribution is 0.851. The van der Waals surface area contributed by atoms with E-state index in [0.29, 0.717) is 15.5 Å². The van der Waals surface area contributed by atoms with Gasteiger partial charge in [-0.15, -0.1) is 0 Å². The summed E-state index contributed by atoms with van der Waals surface area (Å²) in [5.74, 6) is -0.249. The van der Waals surface area contributed by atoms with Crippen molar-refractivity contribution in [2.45, 2.75) is 7.59 Å². The minimum absolute atomic E-state index is 0.114. The zero-order valence-corrected chi connectivity index (χ0v) is 16.4. The van der Waals surface area contributed by atoms with E-state index < -0.39 is 7.59 Å². The van der Waals surface area contributed by atoms with Crippen LogP contribution in [0.25, 0.3) is 11.4 Å². The predicted molar refractivity (Wildman–Crippen MR) is 96.8 cm³/mol. The molecule has 114 valence electrons. The molecule has 0 aliphatic rings. The van der Waals surface area contributed by atoms with Crippen LogP contribution < -0.4 is 5.46 Å². The molecule has 2 rings (SSSR count). The smallest absolute Gasteiger partial charge is 0.209 e. The van der Waals surface area contributed by atoms with Gasteiger partial charge in [-0.3, -0.25) is 0 Å². The summed E-state index contributed by atoms with van der Waals surface area (Å²) < 4.78 is -3.21. The van der Waals surface area contributed by atoms with Gasteiger partial charge in [-0.1, -0.05) is 103 Å². The lowest BCUT2D eigenvalue weighted by Gasteiger charge is -2.16. The summed E-state index contributed by atoms with van der Waals surface area (Å²) >= 11 is 38.3. The van der Waals surface area contributed by atoms with E-state index >= 15 is 0 Å². The molecular formula is C11H3BBrCl6N3. The Morgan fingerprint density at radius 3 is 1.77 bits per heavy atom. The first-order chi connectivity index (χ1) is 10.00. The van der Waals surface area contributed by atoms with Gasteiger partial charge in [0.1, 0.15) is 7.85 Å². The molecule has 0 N–H and O–H groups in total. The van der Waals surface area contributed by atoms with Crippen LogP contribution in [0.1, 0.15) is 11.6 Å². The van der Waals surface area contributed by atoms with Crippen molar-refractivity contribution in [1.82, 2.24) is 15.0 Å². The third kappa shape index (κ3) is 4.32. The van der Waals surface area contributed by atoms with E-state index in [1.807, 2.05) is 0 Å². The van der Waals surface area contributed by atoms with Gasteiger partial charge in [-0.25, -0.2) is 15.0 Å². The van der Waals surface area contributed by atoms with Crippen LogP contribution in [0.15, 0.2) is 22.7 Å². The third-order valence-electron chi connectivity index (χ3n) is 2.41. The number of rotatable bonds is 1. The van der Waals surface area contributed by atoms with E-state index in [1.165, 1.54) is 0 Å². The van der Waals surface area contributed by atoms with Crippen molar-refractivity contribution in [3.05, 3.63) is 34.3 Å². The Balaban J connectivity index is 2.76. The molecule has 0 atom stereocenters. The molecule has 0 unspecified atom stereocenters. The Kier molecular flexibility index (Phi) is 5.82. The summed E-state index contributed by atoms with van der Waals surface area (Å²) in [4.78, 5) is 12.1. The summed E-state index contributed by atoms with van der Waals surface area (Å²) in [6.07, 6.45) is 0. The maximum Gasteiger partial charge on any atom is 0.250 e. The fourth-order valence-electron chi connectivity index (χ4n) is 1.52. The molecule has 0 bridgehead atoms. The maximum atomic E-state index is 5.94. The molecule has 1 heterocycles. The Morgan fingerprint density at radius 2 is 1.36 bits per heavy atom. The molecule has 3 nitrogen and oxygen atoms in total. The normalized spacial score (nSPS) is 12.5. The van der Waals surface area contributed by atoms with Crippen LogP contribution in [0, 0.1) is 0 Å². The molecule has 0 aliphatic heterocycles. The first-order valence-electron chi connectivity index (χ1n) is 5.45. The van der Waals surface area contributed by atoms with Gasteiger partial charge in [0, 0.05) is 10.0 Å². The first-order valence-corrected chi connectivity index (χ1v) is 8.51. The molecule has 2 aromatic rings. The summed E-state index contributed by atoms with van der Waals surface area (Å²) in [5.41, 5.74) is 0.863. The van der Waals surface area contributed by atoms with Crippen LogP contribution >= 0.6 is 85.5 Å². The van der Waals surface area contributed by atoms with Crippen molar-refractivity contribution in [2.24, 2.45) is 0 Å². The molecule has 2 radical (unpaired) electrons. The number of benzene rings is 1. The maximum absolute atomic E-state index is 5.94. The second-order valence-corrected chi connectivity index (χ2v) is 9.42. The lowest BCUT2D eigenvalue weighted by Crippen LogP contribution is -2.19. The van der Waals surface area contributed by atoms with E-state index in [4.69, 9.17) is 77.5 Å². The van der Waals surface area contributed by atoms with E-state index in [9.17, 15) is 0 Å². The van der Waals surface area contributed by atoms with Crippen LogP contribution in [-0.4, -0.2) is 22.8 Å². The van der Waals surface area contributed by atoms with Crippen LogP contribution in [0.5, 0.6) is 0 Å².